The van der Waals surface area contributed by atoms with Crippen LogP contribution in [0.25, 0.3) is 0 Å². The fourth-order valence-electron chi connectivity index (χ4n) is 2.07. The van der Waals surface area contributed by atoms with Gasteiger partial charge in [-0.3, -0.25) is 0 Å². The zero-order valence-corrected chi connectivity index (χ0v) is 10.0. The Labute approximate surface area is 97.3 Å². The van der Waals surface area contributed by atoms with Gasteiger partial charge in [0.1, 0.15) is 5.75 Å². The van der Waals surface area contributed by atoms with E-state index in [4.69, 9.17) is 4.74 Å². The molecule has 1 atom stereocenters. The highest BCUT2D eigenvalue weighted by Crippen LogP contribution is 2.38. The third-order valence-electron chi connectivity index (χ3n) is 3.17. The van der Waals surface area contributed by atoms with E-state index in [9.17, 15) is 5.11 Å². The topological polar surface area (TPSA) is 29.5 Å². The van der Waals surface area contributed by atoms with Crippen molar-refractivity contribution in [3.8, 4) is 5.75 Å². The summed E-state index contributed by atoms with van der Waals surface area (Å²) in [6.45, 7) is 4.02. The van der Waals surface area contributed by atoms with E-state index in [1.54, 1.807) is 0 Å². The molecule has 0 saturated heterocycles. The van der Waals surface area contributed by atoms with Crippen LogP contribution in [0.3, 0.4) is 0 Å². The molecule has 0 spiro atoms. The Morgan fingerprint density at radius 3 is 2.62 bits per heavy atom. The number of aliphatic hydroxyl groups excluding tert-OH is 1. The van der Waals surface area contributed by atoms with E-state index >= 15 is 0 Å². The van der Waals surface area contributed by atoms with E-state index in [0.29, 0.717) is 5.92 Å². The fraction of sp³-hybridized carbons (Fsp3) is 0.571. The van der Waals surface area contributed by atoms with Crippen molar-refractivity contribution in [1.82, 2.24) is 0 Å². The first-order chi connectivity index (χ1) is 7.66. The normalized spacial score (nSPS) is 18.2. The predicted molar refractivity (Wildman–Crippen MR) is 64.5 cm³/mol. The molecule has 16 heavy (non-hydrogen) atoms. The zero-order valence-electron chi connectivity index (χ0n) is 10.0. The summed E-state index contributed by atoms with van der Waals surface area (Å²) in [7, 11) is 0. The van der Waals surface area contributed by atoms with Gasteiger partial charge in [-0.2, -0.15) is 0 Å². The van der Waals surface area contributed by atoms with Gasteiger partial charge in [0.15, 0.2) is 0 Å². The van der Waals surface area contributed by atoms with E-state index in [0.717, 1.165) is 24.2 Å². The molecule has 0 amide bonds. The number of hydrogen-bond acceptors (Lipinski definition) is 2. The van der Waals surface area contributed by atoms with E-state index in [-0.39, 0.29) is 12.2 Å². The minimum atomic E-state index is -0.315. The van der Waals surface area contributed by atoms with Crippen LogP contribution in [0.15, 0.2) is 24.3 Å². The Hall–Kier alpha value is -1.02. The molecule has 1 fully saturated rings. The maximum absolute atomic E-state index is 10.1. The van der Waals surface area contributed by atoms with Crippen LogP contribution in [0, 0.1) is 5.92 Å². The van der Waals surface area contributed by atoms with Crippen LogP contribution in [-0.4, -0.2) is 11.2 Å². The second kappa shape index (κ2) is 4.88. The third kappa shape index (κ3) is 2.56. The van der Waals surface area contributed by atoms with Gasteiger partial charge < -0.3 is 9.84 Å². The molecule has 1 unspecified atom stereocenters. The molecule has 1 N–H and O–H groups in total. The third-order valence-corrected chi connectivity index (χ3v) is 3.17. The van der Waals surface area contributed by atoms with Gasteiger partial charge in [0.05, 0.1) is 12.2 Å². The van der Waals surface area contributed by atoms with Crippen LogP contribution in [0.4, 0.5) is 0 Å². The molecule has 1 aromatic carbocycles. The van der Waals surface area contributed by atoms with Gasteiger partial charge >= 0.3 is 0 Å². The number of aliphatic hydroxyl groups is 1. The van der Waals surface area contributed by atoms with E-state index in [1.165, 1.54) is 6.42 Å². The van der Waals surface area contributed by atoms with E-state index < -0.39 is 0 Å². The van der Waals surface area contributed by atoms with E-state index in [1.807, 2.05) is 38.1 Å². The quantitative estimate of drug-likeness (QED) is 0.843. The molecule has 0 heterocycles. The molecule has 0 radical (unpaired) electrons. The fourth-order valence-corrected chi connectivity index (χ4v) is 2.07. The predicted octanol–water partition coefficient (Wildman–Crippen LogP) is 3.31. The van der Waals surface area contributed by atoms with Gasteiger partial charge in [0, 0.05) is 0 Å². The summed E-state index contributed by atoms with van der Waals surface area (Å²) < 4.78 is 5.63. The molecule has 88 valence electrons. The van der Waals surface area contributed by atoms with Crippen LogP contribution >= 0.6 is 0 Å². The molecular formula is C14H20O2. The Morgan fingerprint density at radius 1 is 1.31 bits per heavy atom. The Balaban J connectivity index is 2.08. The monoisotopic (exact) mass is 220 g/mol. The number of benzene rings is 1. The minimum absolute atomic E-state index is 0.177. The average Bonchev–Trinajstić information content (AvgIpc) is 2.14. The molecule has 0 aliphatic heterocycles. The lowest BCUT2D eigenvalue weighted by atomic mass is 9.79. The van der Waals surface area contributed by atoms with Crippen molar-refractivity contribution in [2.75, 3.05) is 0 Å². The van der Waals surface area contributed by atoms with Crippen molar-refractivity contribution in [2.24, 2.45) is 5.92 Å². The molecular weight excluding hydrogens is 200 g/mol. The minimum Gasteiger partial charge on any atom is -0.491 e. The van der Waals surface area contributed by atoms with Gasteiger partial charge in [-0.1, -0.05) is 18.6 Å². The Bertz CT molecular complexity index is 342. The largest absolute Gasteiger partial charge is 0.491 e. The first kappa shape index (κ1) is 11.5. The standard InChI is InChI=1S/C14H20O2/c1-10(2)16-13-8-4-7-12(9-13)14(15)11-5-3-6-11/h4,7-11,14-15H,3,5-6H2,1-2H3. The van der Waals surface area contributed by atoms with Crippen LogP contribution in [-0.2, 0) is 0 Å². The summed E-state index contributed by atoms with van der Waals surface area (Å²) in [6, 6.07) is 7.84. The highest BCUT2D eigenvalue weighted by Gasteiger charge is 2.26. The number of hydrogen-bond donors (Lipinski definition) is 1. The van der Waals surface area contributed by atoms with Crippen molar-refractivity contribution < 1.29 is 9.84 Å². The lowest BCUT2D eigenvalue weighted by Crippen LogP contribution is -2.20. The Morgan fingerprint density at radius 2 is 2.06 bits per heavy atom. The first-order valence-corrected chi connectivity index (χ1v) is 6.11. The summed E-state index contributed by atoms with van der Waals surface area (Å²) >= 11 is 0. The van der Waals surface area contributed by atoms with Crippen molar-refractivity contribution in [3.63, 3.8) is 0 Å². The van der Waals surface area contributed by atoms with Crippen LogP contribution < -0.4 is 4.74 Å². The zero-order chi connectivity index (χ0) is 11.5. The number of ether oxygens (including phenoxy) is 1. The Kier molecular flexibility index (Phi) is 3.49. The summed E-state index contributed by atoms with van der Waals surface area (Å²) in [4.78, 5) is 0. The molecule has 2 nitrogen and oxygen atoms in total. The van der Waals surface area contributed by atoms with E-state index in [2.05, 4.69) is 0 Å². The molecule has 1 aliphatic carbocycles. The second-order valence-electron chi connectivity index (χ2n) is 4.87. The van der Waals surface area contributed by atoms with Crippen LogP contribution in [0.1, 0.15) is 44.8 Å². The highest BCUT2D eigenvalue weighted by molar-refractivity contribution is 5.30. The first-order valence-electron chi connectivity index (χ1n) is 6.11. The SMILES string of the molecule is CC(C)Oc1cccc(C(O)C2CCC2)c1. The summed E-state index contributed by atoms with van der Waals surface area (Å²) in [5.41, 5.74) is 0.989. The molecule has 1 saturated carbocycles. The van der Waals surface area contributed by atoms with Gasteiger partial charge in [-0.05, 0) is 50.3 Å². The van der Waals surface area contributed by atoms with Gasteiger partial charge in [-0.25, -0.2) is 0 Å². The van der Waals surface area contributed by atoms with Crippen molar-refractivity contribution in [2.45, 2.75) is 45.3 Å². The highest BCUT2D eigenvalue weighted by atomic mass is 16.5. The second-order valence-corrected chi connectivity index (χ2v) is 4.87. The van der Waals surface area contributed by atoms with Crippen LogP contribution in [0.2, 0.25) is 0 Å². The van der Waals surface area contributed by atoms with Crippen molar-refractivity contribution in [1.29, 1.82) is 0 Å². The maximum Gasteiger partial charge on any atom is 0.120 e. The molecule has 0 aromatic heterocycles. The summed E-state index contributed by atoms with van der Waals surface area (Å²) in [5, 5.41) is 10.1. The summed E-state index contributed by atoms with van der Waals surface area (Å²) in [6.07, 6.45) is 3.41. The molecule has 2 heteroatoms. The summed E-state index contributed by atoms with van der Waals surface area (Å²) in [5.74, 6) is 1.31. The molecule has 2 rings (SSSR count). The van der Waals surface area contributed by atoms with Gasteiger partial charge in [-0.15, -0.1) is 0 Å². The number of rotatable bonds is 4. The molecule has 1 aromatic rings. The van der Waals surface area contributed by atoms with Crippen LogP contribution in [0.5, 0.6) is 5.75 Å². The molecule has 0 bridgehead atoms. The average molecular weight is 220 g/mol. The molecule has 1 aliphatic rings. The van der Waals surface area contributed by atoms with Gasteiger partial charge in [0.25, 0.3) is 0 Å². The smallest absolute Gasteiger partial charge is 0.120 e. The van der Waals surface area contributed by atoms with Crippen molar-refractivity contribution in [3.05, 3.63) is 29.8 Å². The maximum atomic E-state index is 10.1. The van der Waals surface area contributed by atoms with Gasteiger partial charge in [0.2, 0.25) is 0 Å². The lowest BCUT2D eigenvalue weighted by Gasteiger charge is -2.30. The lowest BCUT2D eigenvalue weighted by molar-refractivity contribution is 0.0618. The van der Waals surface area contributed by atoms with Crippen molar-refractivity contribution >= 4 is 0 Å².